The third-order valence-corrected chi connectivity index (χ3v) is 7.50. The van der Waals surface area contributed by atoms with Crippen molar-refractivity contribution in [3.63, 3.8) is 0 Å². The molecule has 2 N–H and O–H groups in total. The number of aliphatic hydroxyl groups is 1. The Morgan fingerprint density at radius 1 is 1.06 bits per heavy atom. The predicted octanol–water partition coefficient (Wildman–Crippen LogP) is 2.54. The van der Waals surface area contributed by atoms with Crippen LogP contribution in [0.1, 0.15) is 63.0 Å². The second-order valence-corrected chi connectivity index (χ2v) is 9.54. The van der Waals surface area contributed by atoms with Crippen LogP contribution in [0.3, 0.4) is 0 Å². The number of nitrogens with one attached hydrogen (secondary N) is 1. The fourth-order valence-electron chi connectivity index (χ4n) is 5.44. The summed E-state index contributed by atoms with van der Waals surface area (Å²) >= 11 is 0. The maximum atomic E-state index is 13.1. The average molecular weight is 437 g/mol. The van der Waals surface area contributed by atoms with Gasteiger partial charge in [0, 0.05) is 25.2 Å². The Kier molecular flexibility index (Phi) is 5.76. The minimum absolute atomic E-state index is 0.112. The Balaban J connectivity index is 1.31. The van der Waals surface area contributed by atoms with Crippen LogP contribution in [0.15, 0.2) is 47.3 Å². The average Bonchev–Trinajstić information content (AvgIpc) is 3.54. The lowest BCUT2D eigenvalue weighted by molar-refractivity contribution is -0.123. The second-order valence-electron chi connectivity index (χ2n) is 9.54. The number of aromatic nitrogens is 2. The molecule has 1 amide bonds. The molecule has 5 rings (SSSR count). The summed E-state index contributed by atoms with van der Waals surface area (Å²) in [4.78, 5) is 27.8. The summed E-state index contributed by atoms with van der Waals surface area (Å²) in [5, 5.41) is 18.2. The summed E-state index contributed by atoms with van der Waals surface area (Å²) in [6.07, 6.45) is 6.83. The lowest BCUT2D eigenvalue weighted by atomic mass is 9.94. The molecule has 32 heavy (non-hydrogen) atoms. The van der Waals surface area contributed by atoms with Crippen molar-refractivity contribution >= 4 is 11.7 Å². The SMILES string of the molecule is O=C(NCC1CCCCN1c1ccc(=O)n(C2CCCC2O)n1)C1(c2ccccc2)CC1. The van der Waals surface area contributed by atoms with Crippen LogP contribution in [0.5, 0.6) is 0 Å². The number of nitrogens with zero attached hydrogens (tertiary/aromatic N) is 3. The first-order chi connectivity index (χ1) is 15.6. The molecule has 0 radical (unpaired) electrons. The van der Waals surface area contributed by atoms with Gasteiger partial charge in [-0.15, -0.1) is 0 Å². The minimum atomic E-state index is -0.514. The first-order valence-electron chi connectivity index (χ1n) is 12.0. The smallest absolute Gasteiger partial charge is 0.267 e. The van der Waals surface area contributed by atoms with E-state index in [2.05, 4.69) is 15.3 Å². The van der Waals surface area contributed by atoms with Crippen molar-refractivity contribution in [1.29, 1.82) is 0 Å². The Morgan fingerprint density at radius 3 is 2.59 bits per heavy atom. The largest absolute Gasteiger partial charge is 0.391 e. The van der Waals surface area contributed by atoms with Gasteiger partial charge in [0.15, 0.2) is 0 Å². The number of aliphatic hydroxyl groups excluding tert-OH is 1. The van der Waals surface area contributed by atoms with Crippen molar-refractivity contribution in [1.82, 2.24) is 15.1 Å². The molecule has 0 spiro atoms. The van der Waals surface area contributed by atoms with Crippen molar-refractivity contribution < 1.29 is 9.90 Å². The molecule has 2 saturated carbocycles. The van der Waals surface area contributed by atoms with Crippen molar-refractivity contribution in [2.75, 3.05) is 18.0 Å². The van der Waals surface area contributed by atoms with Crippen LogP contribution in [0.4, 0.5) is 5.82 Å². The number of hydrogen-bond donors (Lipinski definition) is 2. The molecule has 0 bridgehead atoms. The van der Waals surface area contributed by atoms with Gasteiger partial charge in [-0.05, 0) is 63.0 Å². The maximum absolute atomic E-state index is 13.1. The molecule has 2 heterocycles. The Bertz CT molecular complexity index is 1020. The molecule has 2 aromatic rings. The summed E-state index contributed by atoms with van der Waals surface area (Å²) < 4.78 is 1.48. The number of piperidine rings is 1. The number of rotatable bonds is 6. The van der Waals surface area contributed by atoms with E-state index in [-0.39, 0.29) is 29.0 Å². The Hall–Kier alpha value is -2.67. The zero-order chi connectivity index (χ0) is 22.1. The molecule has 1 saturated heterocycles. The quantitative estimate of drug-likeness (QED) is 0.727. The molecule has 7 heteroatoms. The van der Waals surface area contributed by atoms with E-state index in [9.17, 15) is 14.7 Å². The predicted molar refractivity (Wildman–Crippen MR) is 123 cm³/mol. The zero-order valence-electron chi connectivity index (χ0n) is 18.4. The first-order valence-corrected chi connectivity index (χ1v) is 12.0. The highest BCUT2D eigenvalue weighted by Crippen LogP contribution is 2.48. The van der Waals surface area contributed by atoms with Crippen LogP contribution in [-0.2, 0) is 10.2 Å². The third kappa shape index (κ3) is 3.94. The molecule has 3 unspecified atom stereocenters. The lowest BCUT2D eigenvalue weighted by Crippen LogP contribution is -2.49. The van der Waals surface area contributed by atoms with Crippen molar-refractivity contribution in [3.05, 3.63) is 58.4 Å². The van der Waals surface area contributed by atoms with Crippen molar-refractivity contribution in [2.24, 2.45) is 0 Å². The monoisotopic (exact) mass is 436 g/mol. The van der Waals surface area contributed by atoms with E-state index < -0.39 is 6.10 Å². The molecule has 170 valence electrons. The van der Waals surface area contributed by atoms with Gasteiger partial charge in [0.1, 0.15) is 5.82 Å². The fraction of sp³-hybridized carbons (Fsp3) is 0.560. The van der Waals surface area contributed by atoms with Crippen LogP contribution in [0.25, 0.3) is 0 Å². The Labute approximate surface area is 188 Å². The number of amides is 1. The van der Waals surface area contributed by atoms with E-state index in [1.807, 2.05) is 30.3 Å². The molecule has 1 aromatic heterocycles. The number of carbonyl (C=O) groups is 1. The number of benzene rings is 1. The van der Waals surface area contributed by atoms with Gasteiger partial charge in [0.05, 0.1) is 17.6 Å². The van der Waals surface area contributed by atoms with Gasteiger partial charge in [-0.3, -0.25) is 9.59 Å². The molecule has 3 aliphatic rings. The highest BCUT2D eigenvalue weighted by Gasteiger charge is 2.51. The molecule has 1 aliphatic heterocycles. The van der Waals surface area contributed by atoms with Crippen LogP contribution in [0, 0.1) is 0 Å². The van der Waals surface area contributed by atoms with Gasteiger partial charge in [-0.1, -0.05) is 30.3 Å². The molecular formula is C25H32N4O3. The van der Waals surface area contributed by atoms with Gasteiger partial charge >= 0.3 is 0 Å². The molecule has 1 aromatic carbocycles. The third-order valence-electron chi connectivity index (χ3n) is 7.50. The summed E-state index contributed by atoms with van der Waals surface area (Å²) in [5.41, 5.74) is 0.562. The van der Waals surface area contributed by atoms with Crippen LogP contribution in [-0.4, -0.2) is 46.0 Å². The zero-order valence-corrected chi connectivity index (χ0v) is 18.4. The molecule has 3 atom stereocenters. The van der Waals surface area contributed by atoms with Crippen molar-refractivity contribution in [3.8, 4) is 0 Å². The number of anilines is 1. The summed E-state index contributed by atoms with van der Waals surface area (Å²) in [6, 6.07) is 13.3. The summed E-state index contributed by atoms with van der Waals surface area (Å²) in [7, 11) is 0. The highest BCUT2D eigenvalue weighted by molar-refractivity contribution is 5.91. The van der Waals surface area contributed by atoms with Gasteiger partial charge in [-0.2, -0.15) is 5.10 Å². The first kappa shape index (κ1) is 21.2. The Morgan fingerprint density at radius 2 is 1.88 bits per heavy atom. The number of hydrogen-bond acceptors (Lipinski definition) is 5. The van der Waals surface area contributed by atoms with E-state index in [0.29, 0.717) is 13.0 Å². The van der Waals surface area contributed by atoms with E-state index in [4.69, 9.17) is 0 Å². The van der Waals surface area contributed by atoms with Gasteiger partial charge in [-0.25, -0.2) is 4.68 Å². The summed E-state index contributed by atoms with van der Waals surface area (Å²) in [6.45, 7) is 1.42. The summed E-state index contributed by atoms with van der Waals surface area (Å²) in [5.74, 6) is 0.869. The molecule has 2 aliphatic carbocycles. The standard InChI is InChI=1S/C25H32N4O3/c30-21-11-6-10-20(21)29-23(31)13-12-22(27-29)28-16-5-4-9-19(28)17-26-24(32)25(14-15-25)18-7-2-1-3-8-18/h1-3,7-8,12-13,19-21,30H,4-6,9-11,14-17H2,(H,26,32). The topological polar surface area (TPSA) is 87.5 Å². The molecule has 3 fully saturated rings. The highest BCUT2D eigenvalue weighted by atomic mass is 16.3. The van der Waals surface area contributed by atoms with E-state index in [0.717, 1.165) is 62.9 Å². The van der Waals surface area contributed by atoms with E-state index in [1.54, 1.807) is 12.1 Å². The van der Waals surface area contributed by atoms with E-state index in [1.165, 1.54) is 4.68 Å². The van der Waals surface area contributed by atoms with Crippen LogP contribution < -0.4 is 15.8 Å². The van der Waals surface area contributed by atoms with Crippen LogP contribution in [0.2, 0.25) is 0 Å². The number of carbonyl (C=O) groups excluding carboxylic acids is 1. The minimum Gasteiger partial charge on any atom is -0.391 e. The molecular weight excluding hydrogens is 404 g/mol. The lowest BCUT2D eigenvalue weighted by Gasteiger charge is -2.37. The van der Waals surface area contributed by atoms with Crippen LogP contribution >= 0.6 is 0 Å². The van der Waals surface area contributed by atoms with E-state index >= 15 is 0 Å². The van der Waals surface area contributed by atoms with Gasteiger partial charge < -0.3 is 15.3 Å². The molecule has 7 nitrogen and oxygen atoms in total. The fourth-order valence-corrected chi connectivity index (χ4v) is 5.44. The maximum Gasteiger partial charge on any atom is 0.267 e. The second kappa shape index (κ2) is 8.70. The van der Waals surface area contributed by atoms with Gasteiger partial charge in [0.2, 0.25) is 5.91 Å². The van der Waals surface area contributed by atoms with Crippen molar-refractivity contribution in [2.45, 2.75) is 75.0 Å². The normalized spacial score (nSPS) is 26.7. The van der Waals surface area contributed by atoms with Gasteiger partial charge in [0.25, 0.3) is 5.56 Å².